The molecule has 6 rings (SSSR count). The molecule has 10 N–H and O–H groups in total. The molecule has 1 saturated heterocycles. The highest BCUT2D eigenvalue weighted by Gasteiger charge is 2.38. The molecule has 1 fully saturated rings. The van der Waals surface area contributed by atoms with Crippen molar-refractivity contribution >= 4 is 21.6 Å². The zero-order valence-corrected chi connectivity index (χ0v) is 31.8. The van der Waals surface area contributed by atoms with E-state index >= 15 is 0 Å². The Labute approximate surface area is 320 Å². The van der Waals surface area contributed by atoms with Crippen molar-refractivity contribution in [3.63, 3.8) is 0 Å². The number of H-pyrrole nitrogens is 1. The lowest BCUT2D eigenvalue weighted by Gasteiger charge is -2.33. The SMILES string of the molecule is NC1=C2CSSC[C@H](CO)[C@H](O)[C@@H](Oc3cc([C@H]4C=C[C@H]5C#C[C@H](CCO)CCCC[C@H](O)[C@@H]5[C@H](O)C4)ccc3O)C[C@@H](Cc3ccc[nH]3)C2=CCN1. The van der Waals surface area contributed by atoms with Gasteiger partial charge in [0.2, 0.25) is 0 Å². The van der Waals surface area contributed by atoms with Crippen LogP contribution in [0.25, 0.3) is 0 Å². The van der Waals surface area contributed by atoms with Crippen molar-refractivity contribution in [2.75, 3.05) is 31.3 Å². The first kappa shape index (κ1) is 39.7. The number of nitrogens with one attached hydrogen (secondary N) is 2. The number of allylic oxidation sites excluding steroid dienone is 3. The molecule has 2 aliphatic heterocycles. The Hall–Kier alpha value is -3.02. The fourth-order valence-electron chi connectivity index (χ4n) is 8.27. The van der Waals surface area contributed by atoms with Crippen LogP contribution in [0.4, 0.5) is 0 Å². The molecule has 3 heterocycles. The van der Waals surface area contributed by atoms with Gasteiger partial charge < -0.3 is 51.4 Å². The van der Waals surface area contributed by atoms with Crippen molar-refractivity contribution in [3.05, 3.63) is 83.0 Å². The van der Waals surface area contributed by atoms with Crippen LogP contribution in [0.1, 0.15) is 62.1 Å². The van der Waals surface area contributed by atoms with Gasteiger partial charge in [-0.25, -0.2) is 0 Å². The van der Waals surface area contributed by atoms with Gasteiger partial charge in [-0.15, -0.1) is 0 Å². The fourth-order valence-corrected chi connectivity index (χ4v) is 10.8. The number of aliphatic hydroxyl groups excluding tert-OH is 5. The van der Waals surface area contributed by atoms with Crippen molar-refractivity contribution in [2.24, 2.45) is 35.3 Å². The number of nitrogens with two attached hydrogens (primary N) is 1. The molecule has 53 heavy (non-hydrogen) atoms. The predicted octanol–water partition coefficient (Wildman–Crippen LogP) is 4.35. The molecule has 10 nitrogen and oxygen atoms in total. The minimum Gasteiger partial charge on any atom is -0.504 e. The van der Waals surface area contributed by atoms with E-state index in [9.17, 15) is 30.6 Å². The van der Waals surface area contributed by atoms with Crippen molar-refractivity contribution in [2.45, 2.75) is 81.7 Å². The minimum absolute atomic E-state index is 0.0731. The average Bonchev–Trinajstić information content (AvgIpc) is 3.60. The molecule has 0 unspecified atom stereocenters. The Balaban J connectivity index is 1.31. The van der Waals surface area contributed by atoms with E-state index in [2.05, 4.69) is 28.2 Å². The van der Waals surface area contributed by atoms with Crippen molar-refractivity contribution in [3.8, 4) is 23.3 Å². The third-order valence-corrected chi connectivity index (χ3v) is 13.7. The third-order valence-electron chi connectivity index (χ3n) is 11.3. The van der Waals surface area contributed by atoms with E-state index < -0.39 is 36.3 Å². The maximum Gasteiger partial charge on any atom is 0.161 e. The van der Waals surface area contributed by atoms with E-state index in [1.807, 2.05) is 36.5 Å². The third kappa shape index (κ3) is 10.00. The van der Waals surface area contributed by atoms with E-state index in [1.165, 1.54) is 0 Å². The lowest BCUT2D eigenvalue weighted by atomic mass is 9.79. The standard InChI is InChI=1S/C41H55N3O7S2/c42-41-33-24-53-52-23-30(22-46)40(50)38(21-29(32(33)13-16-44-41)18-31-5-3-15-43-31)51-37-20-28(11-12-34(37)47)27-10-9-26-8-7-25(14-17-45)4-1-2-6-35(48)39(26)36(49)19-27/h3,5,9-13,15,20,25-27,29-30,35-36,38-40,43-50H,1-2,4,6,14,16-19,21-24,42H2/t25-,26-,27+,29-,30+,35+,36-,38+,39-,40+/m1/s1. The first-order chi connectivity index (χ1) is 25.7. The Kier molecular flexibility index (Phi) is 14.2. The van der Waals surface area contributed by atoms with Crippen LogP contribution in [0.3, 0.4) is 0 Å². The van der Waals surface area contributed by atoms with Crippen LogP contribution in [0, 0.1) is 41.4 Å². The molecule has 1 aromatic heterocycles. The highest BCUT2D eigenvalue weighted by Crippen LogP contribution is 2.42. The molecule has 0 saturated carbocycles. The Morgan fingerprint density at radius 1 is 0.981 bits per heavy atom. The quantitative estimate of drug-likeness (QED) is 0.106. The minimum atomic E-state index is -1.04. The summed E-state index contributed by atoms with van der Waals surface area (Å²) in [5.41, 5.74) is 10.5. The van der Waals surface area contributed by atoms with Gasteiger partial charge in [-0.3, -0.25) is 0 Å². The van der Waals surface area contributed by atoms with Gasteiger partial charge in [-0.2, -0.15) is 0 Å². The van der Waals surface area contributed by atoms with Crippen molar-refractivity contribution < 1.29 is 35.4 Å². The molecular weight excluding hydrogens is 711 g/mol. The van der Waals surface area contributed by atoms with Crippen LogP contribution in [0.15, 0.2) is 71.7 Å². The van der Waals surface area contributed by atoms with Gasteiger partial charge in [-0.05, 0) is 79.8 Å². The van der Waals surface area contributed by atoms with Crippen LogP contribution in [0.2, 0.25) is 0 Å². The topological polar surface area (TPSA) is 184 Å². The summed E-state index contributed by atoms with van der Waals surface area (Å²) in [7, 11) is 3.23. The maximum absolute atomic E-state index is 11.9. The number of rotatable bonds is 8. The number of hydrogen-bond donors (Lipinski definition) is 9. The number of fused-ring (bicyclic) bond motifs is 2. The van der Waals surface area contributed by atoms with Crippen LogP contribution < -0.4 is 15.8 Å². The smallest absolute Gasteiger partial charge is 0.161 e. The molecule has 4 aliphatic rings. The van der Waals surface area contributed by atoms with E-state index in [0.717, 1.165) is 41.7 Å². The molecule has 288 valence electrons. The van der Waals surface area contributed by atoms with E-state index in [1.54, 1.807) is 33.7 Å². The van der Waals surface area contributed by atoms with Gasteiger partial charge in [0.25, 0.3) is 0 Å². The van der Waals surface area contributed by atoms with Crippen molar-refractivity contribution in [1.82, 2.24) is 10.3 Å². The molecule has 2 aliphatic carbocycles. The second-order valence-corrected chi connectivity index (χ2v) is 17.4. The van der Waals surface area contributed by atoms with Crippen LogP contribution in [0.5, 0.6) is 11.5 Å². The van der Waals surface area contributed by atoms with Gasteiger partial charge in [0.1, 0.15) is 11.9 Å². The van der Waals surface area contributed by atoms with Crippen LogP contribution in [-0.2, 0) is 6.42 Å². The summed E-state index contributed by atoms with van der Waals surface area (Å²) in [6.45, 7) is 0.446. The predicted molar refractivity (Wildman–Crippen MR) is 211 cm³/mol. The highest BCUT2D eigenvalue weighted by molar-refractivity contribution is 8.76. The average molecular weight is 766 g/mol. The summed E-state index contributed by atoms with van der Waals surface area (Å²) in [6.07, 6.45) is 9.96. The lowest BCUT2D eigenvalue weighted by Crippen LogP contribution is -2.42. The first-order valence-electron chi connectivity index (χ1n) is 19.0. The van der Waals surface area contributed by atoms with Gasteiger partial charge in [0.05, 0.1) is 18.3 Å². The van der Waals surface area contributed by atoms with Gasteiger partial charge in [0.15, 0.2) is 11.5 Å². The number of ether oxygens (including phenoxy) is 1. The lowest BCUT2D eigenvalue weighted by molar-refractivity contribution is -0.0214. The van der Waals surface area contributed by atoms with Crippen molar-refractivity contribution in [1.29, 1.82) is 0 Å². The summed E-state index contributed by atoms with van der Waals surface area (Å²) < 4.78 is 6.66. The second-order valence-electron chi connectivity index (χ2n) is 14.9. The van der Waals surface area contributed by atoms with Gasteiger partial charge in [-0.1, -0.05) is 70.6 Å². The number of dihydropyridines is 1. The Morgan fingerprint density at radius 2 is 1.83 bits per heavy atom. The number of aliphatic hydroxyl groups is 5. The number of phenols is 1. The Bertz CT molecular complexity index is 1650. The molecule has 12 heteroatoms. The molecule has 0 radical (unpaired) electrons. The normalized spacial score (nSPS) is 32.7. The molecule has 1 aromatic carbocycles. The Morgan fingerprint density at radius 3 is 2.62 bits per heavy atom. The molecule has 2 aromatic rings. The number of phenolic OH excluding ortho intramolecular Hbond substituents is 1. The summed E-state index contributed by atoms with van der Waals surface area (Å²) >= 11 is 0. The van der Waals surface area contributed by atoms with Gasteiger partial charge >= 0.3 is 0 Å². The number of benzene rings is 1. The summed E-state index contributed by atoms with van der Waals surface area (Å²) in [5.74, 6) is 7.12. The number of aromatic hydroxyl groups is 1. The fraction of sp³-hybridized carbons (Fsp3) is 0.561. The monoisotopic (exact) mass is 765 g/mol. The molecule has 0 amide bonds. The van der Waals surface area contributed by atoms with E-state index in [0.29, 0.717) is 56.0 Å². The maximum atomic E-state index is 11.9. The molecule has 0 bridgehead atoms. The van der Waals surface area contributed by atoms with E-state index in [4.69, 9.17) is 10.5 Å². The summed E-state index contributed by atoms with van der Waals surface area (Å²) in [4.78, 5) is 3.32. The largest absolute Gasteiger partial charge is 0.504 e. The zero-order valence-electron chi connectivity index (χ0n) is 30.1. The summed E-state index contributed by atoms with van der Waals surface area (Å²) in [6, 6.07) is 9.19. The van der Waals surface area contributed by atoms with E-state index in [-0.39, 0.29) is 48.4 Å². The zero-order chi connectivity index (χ0) is 37.3. The van der Waals surface area contributed by atoms with Crippen LogP contribution >= 0.6 is 21.6 Å². The number of aromatic nitrogens is 1. The van der Waals surface area contributed by atoms with Gasteiger partial charge in [0, 0.05) is 78.3 Å². The first-order valence-corrected chi connectivity index (χ1v) is 21.5. The molecular formula is C41H55N3O7S2. The second kappa shape index (κ2) is 19.0. The molecule has 10 atom stereocenters. The number of hydrogen-bond acceptors (Lipinski definition) is 11. The summed E-state index contributed by atoms with van der Waals surface area (Å²) in [5, 5.41) is 69.2. The molecule has 0 spiro atoms. The highest BCUT2D eigenvalue weighted by atomic mass is 33.1. The van der Waals surface area contributed by atoms with Crippen LogP contribution in [-0.4, -0.2) is 91.3 Å². The number of aromatic amines is 1.